The van der Waals surface area contributed by atoms with Crippen molar-refractivity contribution in [2.45, 2.75) is 34.1 Å². The zero-order valence-corrected chi connectivity index (χ0v) is 14.0. The Bertz CT molecular complexity index is 663. The van der Waals surface area contributed by atoms with Crippen LogP contribution in [0.5, 0.6) is 5.75 Å². The lowest BCUT2D eigenvalue weighted by Gasteiger charge is -2.18. The summed E-state index contributed by atoms with van der Waals surface area (Å²) < 4.78 is 12.2. The van der Waals surface area contributed by atoms with E-state index in [9.17, 15) is 0 Å². The average Bonchev–Trinajstić information content (AvgIpc) is 2.80. The van der Waals surface area contributed by atoms with Crippen molar-refractivity contribution in [3.63, 3.8) is 0 Å². The highest BCUT2D eigenvalue weighted by atomic mass is 79.9. The van der Waals surface area contributed by atoms with Crippen LogP contribution < -0.4 is 10.5 Å². The highest BCUT2D eigenvalue weighted by Gasteiger charge is 2.23. The first-order chi connectivity index (χ1) is 9.42. The van der Waals surface area contributed by atoms with Crippen LogP contribution in [0.15, 0.2) is 8.89 Å². The third kappa shape index (κ3) is 2.20. The van der Waals surface area contributed by atoms with Gasteiger partial charge in [0.25, 0.3) is 6.01 Å². The van der Waals surface area contributed by atoms with Gasteiger partial charge in [-0.05, 0) is 37.5 Å². The van der Waals surface area contributed by atoms with Gasteiger partial charge in [-0.15, -0.1) is 0 Å². The molecule has 108 valence electrons. The number of rotatable bonds is 3. The lowest BCUT2D eigenvalue weighted by atomic mass is 9.96. The van der Waals surface area contributed by atoms with Gasteiger partial charge in [0.1, 0.15) is 17.2 Å². The highest BCUT2D eigenvalue weighted by Crippen LogP contribution is 2.43. The van der Waals surface area contributed by atoms with E-state index in [1.54, 1.807) is 7.11 Å². The fourth-order valence-electron chi connectivity index (χ4n) is 2.43. The third-order valence-electron chi connectivity index (χ3n) is 3.64. The molecule has 0 amide bonds. The molecule has 0 spiro atoms. The van der Waals surface area contributed by atoms with Gasteiger partial charge in [-0.3, -0.25) is 0 Å². The second-order valence-corrected chi connectivity index (χ2v) is 5.57. The molecule has 0 saturated heterocycles. The van der Waals surface area contributed by atoms with Gasteiger partial charge in [0.05, 0.1) is 12.7 Å². The van der Waals surface area contributed by atoms with Crippen LogP contribution in [0, 0.1) is 20.8 Å². The molecular formula is C15H19BrN2O2. The molecule has 0 fully saturated rings. The molecule has 1 aromatic heterocycles. The van der Waals surface area contributed by atoms with E-state index in [2.05, 4.69) is 27.8 Å². The van der Waals surface area contributed by atoms with Crippen LogP contribution in [0.1, 0.15) is 29.4 Å². The van der Waals surface area contributed by atoms with E-state index in [1.165, 1.54) is 0 Å². The number of oxazole rings is 1. The number of nitrogens with two attached hydrogens (primary N) is 1. The van der Waals surface area contributed by atoms with Crippen LogP contribution in [0.3, 0.4) is 0 Å². The molecule has 0 atom stereocenters. The van der Waals surface area contributed by atoms with E-state index in [1.807, 2.05) is 20.8 Å². The maximum absolute atomic E-state index is 5.71. The Morgan fingerprint density at radius 2 is 1.85 bits per heavy atom. The van der Waals surface area contributed by atoms with Gasteiger partial charge in [0.15, 0.2) is 0 Å². The van der Waals surface area contributed by atoms with Crippen molar-refractivity contribution in [1.82, 2.24) is 4.98 Å². The Balaban J connectivity index is 2.85. The molecule has 0 unspecified atom stereocenters. The van der Waals surface area contributed by atoms with Crippen LogP contribution in [-0.2, 0) is 6.42 Å². The van der Waals surface area contributed by atoms with Gasteiger partial charge < -0.3 is 14.9 Å². The van der Waals surface area contributed by atoms with Crippen molar-refractivity contribution in [1.29, 1.82) is 0 Å². The summed E-state index contributed by atoms with van der Waals surface area (Å²) in [5.41, 5.74) is 10.7. The number of hydrogen-bond donors (Lipinski definition) is 1. The molecule has 1 aromatic carbocycles. The van der Waals surface area contributed by atoms with E-state index in [4.69, 9.17) is 14.9 Å². The van der Waals surface area contributed by atoms with Gasteiger partial charge in [0, 0.05) is 10.9 Å². The minimum absolute atomic E-state index is 0.188. The van der Waals surface area contributed by atoms with Crippen LogP contribution in [0.25, 0.3) is 11.3 Å². The lowest BCUT2D eigenvalue weighted by Crippen LogP contribution is -2.00. The number of aromatic nitrogens is 1. The maximum Gasteiger partial charge on any atom is 0.292 e. The predicted molar refractivity (Wildman–Crippen MR) is 84.2 cm³/mol. The van der Waals surface area contributed by atoms with E-state index < -0.39 is 0 Å². The smallest absolute Gasteiger partial charge is 0.292 e. The van der Waals surface area contributed by atoms with Crippen LogP contribution >= 0.6 is 15.9 Å². The fraction of sp³-hybridized carbons (Fsp3) is 0.400. The summed E-state index contributed by atoms with van der Waals surface area (Å²) in [5.74, 6) is 1.60. The van der Waals surface area contributed by atoms with Gasteiger partial charge in [-0.25, -0.2) is 0 Å². The molecule has 0 radical (unpaired) electrons. The van der Waals surface area contributed by atoms with Crippen molar-refractivity contribution in [2.75, 3.05) is 12.8 Å². The van der Waals surface area contributed by atoms with E-state index in [-0.39, 0.29) is 6.01 Å². The maximum atomic E-state index is 5.71. The summed E-state index contributed by atoms with van der Waals surface area (Å²) in [6, 6.07) is 0.188. The Hall–Kier alpha value is -1.49. The monoisotopic (exact) mass is 338 g/mol. The molecule has 5 heteroatoms. The van der Waals surface area contributed by atoms with E-state index in [0.29, 0.717) is 0 Å². The first kappa shape index (κ1) is 14.9. The molecular weight excluding hydrogens is 320 g/mol. The molecule has 0 bridgehead atoms. The van der Waals surface area contributed by atoms with E-state index in [0.717, 1.165) is 50.4 Å². The standard InChI is InChI=1S/C15H19BrN2O2/c1-6-10-13(18-15(17)20-10)11-9(4)12(16)7(2)8(3)14(11)19-5/h6H2,1-5H3,(H2,17,18). The Morgan fingerprint density at radius 3 is 2.40 bits per heavy atom. The van der Waals surface area contributed by atoms with E-state index >= 15 is 0 Å². The largest absolute Gasteiger partial charge is 0.496 e. The number of halogens is 1. The molecule has 0 saturated carbocycles. The van der Waals surface area contributed by atoms with Crippen LogP contribution in [0.4, 0.5) is 6.01 Å². The molecule has 20 heavy (non-hydrogen) atoms. The third-order valence-corrected chi connectivity index (χ3v) is 4.83. The topological polar surface area (TPSA) is 61.3 Å². The van der Waals surface area contributed by atoms with Crippen LogP contribution in [-0.4, -0.2) is 12.1 Å². The average molecular weight is 339 g/mol. The number of benzene rings is 1. The zero-order valence-electron chi connectivity index (χ0n) is 12.4. The molecule has 0 aliphatic rings. The number of anilines is 1. The van der Waals surface area contributed by atoms with Gasteiger partial charge >= 0.3 is 0 Å². The molecule has 0 aliphatic carbocycles. The number of ether oxygens (including phenoxy) is 1. The number of methoxy groups -OCH3 is 1. The highest BCUT2D eigenvalue weighted by molar-refractivity contribution is 9.10. The lowest BCUT2D eigenvalue weighted by molar-refractivity contribution is 0.412. The second kappa shape index (κ2) is 5.48. The van der Waals surface area contributed by atoms with Crippen molar-refractivity contribution in [3.8, 4) is 17.0 Å². The summed E-state index contributed by atoms with van der Waals surface area (Å²) in [4.78, 5) is 4.34. The van der Waals surface area contributed by atoms with Crippen LogP contribution in [0.2, 0.25) is 0 Å². The van der Waals surface area contributed by atoms with Gasteiger partial charge in [0.2, 0.25) is 0 Å². The molecule has 2 N–H and O–H groups in total. The summed E-state index contributed by atoms with van der Waals surface area (Å²) in [6.07, 6.45) is 0.729. The Morgan fingerprint density at radius 1 is 1.20 bits per heavy atom. The quantitative estimate of drug-likeness (QED) is 0.911. The second-order valence-electron chi connectivity index (χ2n) is 4.77. The molecule has 1 heterocycles. The summed E-state index contributed by atoms with van der Waals surface area (Å²) in [6.45, 7) is 8.16. The number of aryl methyl sites for hydroxylation is 1. The molecule has 4 nitrogen and oxygen atoms in total. The predicted octanol–water partition coefficient (Wildman–Crippen LogP) is 4.18. The van der Waals surface area contributed by atoms with Crippen molar-refractivity contribution >= 4 is 21.9 Å². The van der Waals surface area contributed by atoms with Gasteiger partial charge in [-0.2, -0.15) is 4.98 Å². The Kier molecular flexibility index (Phi) is 4.09. The minimum atomic E-state index is 0.188. The fourth-order valence-corrected chi connectivity index (χ4v) is 2.92. The van der Waals surface area contributed by atoms with Crippen molar-refractivity contribution < 1.29 is 9.15 Å². The zero-order chi connectivity index (χ0) is 15.0. The molecule has 0 aliphatic heterocycles. The normalized spacial score (nSPS) is 10.9. The molecule has 2 rings (SSSR count). The van der Waals surface area contributed by atoms with Crippen molar-refractivity contribution in [2.24, 2.45) is 0 Å². The first-order valence-corrected chi connectivity index (χ1v) is 7.30. The summed E-state index contributed by atoms with van der Waals surface area (Å²) in [5, 5.41) is 0. The first-order valence-electron chi connectivity index (χ1n) is 6.51. The Labute approximate surface area is 127 Å². The minimum Gasteiger partial charge on any atom is -0.496 e. The number of hydrogen-bond acceptors (Lipinski definition) is 4. The summed E-state index contributed by atoms with van der Waals surface area (Å²) in [7, 11) is 1.67. The molecule has 2 aromatic rings. The number of nitrogens with zero attached hydrogens (tertiary/aromatic N) is 1. The summed E-state index contributed by atoms with van der Waals surface area (Å²) >= 11 is 3.65. The number of nitrogen functional groups attached to an aromatic ring is 1. The van der Waals surface area contributed by atoms with Crippen molar-refractivity contribution in [3.05, 3.63) is 26.9 Å². The van der Waals surface area contributed by atoms with Gasteiger partial charge in [-0.1, -0.05) is 22.9 Å². The SMILES string of the molecule is CCc1oc(N)nc1-c1c(C)c(Br)c(C)c(C)c1OC.